The number of halogens is 1. The van der Waals surface area contributed by atoms with Crippen molar-refractivity contribution in [2.75, 3.05) is 5.32 Å². The molecule has 0 radical (unpaired) electrons. The third-order valence-corrected chi connectivity index (χ3v) is 2.29. The normalized spacial score (nSPS) is 10.3. The van der Waals surface area contributed by atoms with Crippen molar-refractivity contribution in [2.24, 2.45) is 0 Å². The maximum absolute atomic E-state index is 5.32. The second-order valence-electron chi connectivity index (χ2n) is 3.08. The van der Waals surface area contributed by atoms with Gasteiger partial charge in [0.15, 0.2) is 0 Å². The van der Waals surface area contributed by atoms with E-state index in [0.29, 0.717) is 12.4 Å². The van der Waals surface area contributed by atoms with E-state index in [4.69, 9.17) is 4.42 Å². The topological polar surface area (TPSA) is 51.0 Å². The van der Waals surface area contributed by atoms with Gasteiger partial charge in [0.1, 0.15) is 11.6 Å². The molecule has 2 aromatic heterocycles. The molecule has 15 heavy (non-hydrogen) atoms. The molecule has 0 atom stereocenters. The standard InChI is InChI=1S/C10H10BrN3O/c1-7-4-14-10(15-7)6-13-9-3-2-8(11)5-12-9/h2-5H,6H2,1H3,(H,12,13). The molecule has 0 fully saturated rings. The van der Waals surface area contributed by atoms with E-state index >= 15 is 0 Å². The number of hydrogen-bond donors (Lipinski definition) is 1. The van der Waals surface area contributed by atoms with E-state index in [1.165, 1.54) is 0 Å². The molecule has 78 valence electrons. The molecule has 0 bridgehead atoms. The Morgan fingerprint density at radius 1 is 1.33 bits per heavy atom. The molecular weight excluding hydrogens is 258 g/mol. The van der Waals surface area contributed by atoms with Crippen LogP contribution in [-0.2, 0) is 6.54 Å². The lowest BCUT2D eigenvalue weighted by molar-refractivity contribution is 0.479. The summed E-state index contributed by atoms with van der Waals surface area (Å²) in [5.74, 6) is 2.28. The van der Waals surface area contributed by atoms with Gasteiger partial charge in [-0.1, -0.05) is 0 Å². The smallest absolute Gasteiger partial charge is 0.213 e. The fourth-order valence-electron chi connectivity index (χ4n) is 1.13. The highest BCUT2D eigenvalue weighted by atomic mass is 79.9. The maximum Gasteiger partial charge on any atom is 0.213 e. The third-order valence-electron chi connectivity index (χ3n) is 1.82. The molecule has 0 aliphatic heterocycles. The molecule has 0 spiro atoms. The lowest BCUT2D eigenvalue weighted by atomic mass is 10.4. The molecular formula is C10H10BrN3O. The first-order chi connectivity index (χ1) is 7.24. The van der Waals surface area contributed by atoms with Crippen LogP contribution in [0.2, 0.25) is 0 Å². The van der Waals surface area contributed by atoms with Gasteiger partial charge in [-0.2, -0.15) is 0 Å². The van der Waals surface area contributed by atoms with Crippen molar-refractivity contribution in [1.82, 2.24) is 9.97 Å². The molecule has 5 heteroatoms. The van der Waals surface area contributed by atoms with Gasteiger partial charge >= 0.3 is 0 Å². The predicted molar refractivity (Wildman–Crippen MR) is 60.5 cm³/mol. The Bertz CT molecular complexity index is 438. The summed E-state index contributed by atoms with van der Waals surface area (Å²) in [6.07, 6.45) is 3.44. The minimum Gasteiger partial charge on any atom is -0.444 e. The number of nitrogens with zero attached hydrogens (tertiary/aromatic N) is 2. The number of aryl methyl sites for hydroxylation is 1. The molecule has 2 heterocycles. The van der Waals surface area contributed by atoms with Gasteiger partial charge in [0, 0.05) is 10.7 Å². The van der Waals surface area contributed by atoms with E-state index in [1.54, 1.807) is 12.4 Å². The van der Waals surface area contributed by atoms with E-state index < -0.39 is 0 Å². The van der Waals surface area contributed by atoms with Crippen LogP contribution in [0.5, 0.6) is 0 Å². The average molecular weight is 268 g/mol. The third kappa shape index (κ3) is 2.79. The summed E-state index contributed by atoms with van der Waals surface area (Å²) in [6, 6.07) is 3.82. The quantitative estimate of drug-likeness (QED) is 0.929. The summed E-state index contributed by atoms with van der Waals surface area (Å²) < 4.78 is 6.28. The van der Waals surface area contributed by atoms with Gasteiger partial charge in [-0.3, -0.25) is 0 Å². The number of nitrogens with one attached hydrogen (secondary N) is 1. The van der Waals surface area contributed by atoms with Crippen LogP contribution in [0.15, 0.2) is 33.4 Å². The lowest BCUT2D eigenvalue weighted by Crippen LogP contribution is -2.00. The van der Waals surface area contributed by atoms with Crippen LogP contribution in [0, 0.1) is 6.92 Å². The predicted octanol–water partition coefficient (Wildman–Crippen LogP) is 2.75. The zero-order valence-electron chi connectivity index (χ0n) is 8.20. The van der Waals surface area contributed by atoms with Crippen molar-refractivity contribution >= 4 is 21.7 Å². The minimum atomic E-state index is 0.544. The first kappa shape index (κ1) is 10.2. The largest absolute Gasteiger partial charge is 0.444 e. The number of hydrogen-bond acceptors (Lipinski definition) is 4. The number of rotatable bonds is 3. The SMILES string of the molecule is Cc1cnc(CNc2ccc(Br)cn2)o1. The fraction of sp³-hybridized carbons (Fsp3) is 0.200. The highest BCUT2D eigenvalue weighted by Crippen LogP contribution is 2.11. The zero-order valence-corrected chi connectivity index (χ0v) is 9.78. The summed E-state index contributed by atoms with van der Waals surface area (Å²) in [7, 11) is 0. The van der Waals surface area contributed by atoms with Crippen molar-refractivity contribution in [3.63, 3.8) is 0 Å². The van der Waals surface area contributed by atoms with Gasteiger partial charge in [0.05, 0.1) is 12.7 Å². The molecule has 0 aliphatic rings. The van der Waals surface area contributed by atoms with E-state index in [1.807, 2.05) is 19.1 Å². The Balaban J connectivity index is 1.96. The summed E-state index contributed by atoms with van der Waals surface area (Å²) in [6.45, 7) is 2.41. The number of anilines is 1. The van der Waals surface area contributed by atoms with Crippen molar-refractivity contribution in [1.29, 1.82) is 0 Å². The Hall–Kier alpha value is -1.36. The van der Waals surface area contributed by atoms with Crippen molar-refractivity contribution < 1.29 is 4.42 Å². The average Bonchev–Trinajstić information content (AvgIpc) is 2.64. The molecule has 1 N–H and O–H groups in total. The van der Waals surface area contributed by atoms with E-state index in [0.717, 1.165) is 16.1 Å². The number of pyridine rings is 1. The summed E-state index contributed by atoms with van der Waals surface area (Å²) in [5.41, 5.74) is 0. The number of aromatic nitrogens is 2. The van der Waals surface area contributed by atoms with Gasteiger partial charge < -0.3 is 9.73 Å². The van der Waals surface area contributed by atoms with Gasteiger partial charge in [0.2, 0.25) is 5.89 Å². The minimum absolute atomic E-state index is 0.544. The van der Waals surface area contributed by atoms with Crippen LogP contribution in [0.1, 0.15) is 11.7 Å². The van der Waals surface area contributed by atoms with Crippen LogP contribution in [0.4, 0.5) is 5.82 Å². The van der Waals surface area contributed by atoms with E-state index in [9.17, 15) is 0 Å². The van der Waals surface area contributed by atoms with Crippen LogP contribution in [0.3, 0.4) is 0 Å². The van der Waals surface area contributed by atoms with Gasteiger partial charge in [-0.05, 0) is 35.0 Å². The molecule has 0 aromatic carbocycles. The van der Waals surface area contributed by atoms with Crippen molar-refractivity contribution in [3.8, 4) is 0 Å². The molecule has 0 saturated heterocycles. The Labute approximate surface area is 95.9 Å². The van der Waals surface area contributed by atoms with Crippen LogP contribution in [-0.4, -0.2) is 9.97 Å². The van der Waals surface area contributed by atoms with Gasteiger partial charge in [-0.25, -0.2) is 9.97 Å². The second kappa shape index (κ2) is 4.44. The Kier molecular flexibility index (Phi) is 3.01. The summed E-state index contributed by atoms with van der Waals surface area (Å²) in [4.78, 5) is 8.25. The Morgan fingerprint density at radius 3 is 2.80 bits per heavy atom. The van der Waals surface area contributed by atoms with Crippen molar-refractivity contribution in [3.05, 3.63) is 40.7 Å². The fourth-order valence-corrected chi connectivity index (χ4v) is 1.36. The molecule has 4 nitrogen and oxygen atoms in total. The maximum atomic E-state index is 5.32. The zero-order chi connectivity index (χ0) is 10.7. The highest BCUT2D eigenvalue weighted by molar-refractivity contribution is 9.10. The molecule has 2 aromatic rings. The summed E-state index contributed by atoms with van der Waals surface area (Å²) in [5, 5.41) is 3.11. The summed E-state index contributed by atoms with van der Waals surface area (Å²) >= 11 is 3.32. The van der Waals surface area contributed by atoms with Crippen LogP contribution >= 0.6 is 15.9 Å². The van der Waals surface area contributed by atoms with Gasteiger partial charge in [0.25, 0.3) is 0 Å². The van der Waals surface area contributed by atoms with Gasteiger partial charge in [-0.15, -0.1) is 0 Å². The molecule has 2 rings (SSSR count). The molecule has 0 saturated carbocycles. The monoisotopic (exact) mass is 267 g/mol. The second-order valence-corrected chi connectivity index (χ2v) is 4.00. The molecule has 0 unspecified atom stereocenters. The van der Waals surface area contributed by atoms with Crippen LogP contribution in [0.25, 0.3) is 0 Å². The van der Waals surface area contributed by atoms with E-state index in [-0.39, 0.29) is 0 Å². The van der Waals surface area contributed by atoms with Crippen LogP contribution < -0.4 is 5.32 Å². The Morgan fingerprint density at radius 2 is 2.20 bits per heavy atom. The lowest BCUT2D eigenvalue weighted by Gasteiger charge is -2.01. The van der Waals surface area contributed by atoms with E-state index in [2.05, 4.69) is 31.2 Å². The molecule has 0 amide bonds. The van der Waals surface area contributed by atoms with Crippen molar-refractivity contribution in [2.45, 2.75) is 13.5 Å². The molecule has 0 aliphatic carbocycles. The first-order valence-corrected chi connectivity index (χ1v) is 5.30. The first-order valence-electron chi connectivity index (χ1n) is 4.51. The highest BCUT2D eigenvalue weighted by Gasteiger charge is 2.00. The number of oxazole rings is 1.